The highest BCUT2D eigenvalue weighted by Crippen LogP contribution is 2.41. The summed E-state index contributed by atoms with van der Waals surface area (Å²) in [6.07, 6.45) is -3.82. The van der Waals surface area contributed by atoms with Gasteiger partial charge in [0.15, 0.2) is 0 Å². The van der Waals surface area contributed by atoms with Crippen molar-refractivity contribution in [1.29, 1.82) is 0 Å². The molecule has 0 bridgehead atoms. The summed E-state index contributed by atoms with van der Waals surface area (Å²) in [6.45, 7) is -0.318. The number of nitrogens with two attached hydrogens (primary N) is 1. The number of rotatable bonds is 19. The van der Waals surface area contributed by atoms with Crippen LogP contribution in [0, 0.1) is 0 Å². The third-order valence-electron chi connectivity index (χ3n) is 5.17. The van der Waals surface area contributed by atoms with Crippen molar-refractivity contribution in [2.45, 2.75) is 6.54 Å². The predicted molar refractivity (Wildman–Crippen MR) is 144 cm³/mol. The Bertz CT molecular complexity index is 1030. The summed E-state index contributed by atoms with van der Waals surface area (Å²) in [5, 5.41) is 2.66. The van der Waals surface area contributed by atoms with Crippen LogP contribution < -0.4 is 11.1 Å². The number of benzene rings is 1. The van der Waals surface area contributed by atoms with E-state index in [0.29, 0.717) is 12.1 Å². The molecule has 0 aliphatic heterocycles. The van der Waals surface area contributed by atoms with E-state index in [4.69, 9.17) is 5.73 Å². The summed E-state index contributed by atoms with van der Waals surface area (Å²) in [6, 6.07) is 6.49. The molecule has 1 rings (SSSR count). The van der Waals surface area contributed by atoms with Gasteiger partial charge in [-0.2, -0.15) is 0 Å². The Kier molecular flexibility index (Phi) is 15.0. The minimum Gasteiger partial charge on any atom is -0.351 e. The van der Waals surface area contributed by atoms with Crippen LogP contribution in [0.5, 0.6) is 0 Å². The first kappa shape index (κ1) is 37.2. The van der Waals surface area contributed by atoms with E-state index in [2.05, 4.69) is 5.32 Å². The highest BCUT2D eigenvalue weighted by molar-refractivity contribution is 7.53. The van der Waals surface area contributed by atoms with Gasteiger partial charge in [0.05, 0.1) is 0 Å². The Balaban J connectivity index is 2.98. The van der Waals surface area contributed by atoms with Crippen LogP contribution in [-0.2, 0) is 24.8 Å². The zero-order valence-electron chi connectivity index (χ0n) is 21.4. The lowest BCUT2D eigenvalue weighted by Gasteiger charge is -2.30. The van der Waals surface area contributed by atoms with E-state index in [1.54, 1.807) is 24.3 Å². The molecule has 0 aromatic heterocycles. The molecule has 0 fully saturated rings. The number of carbonyl (C=O) groups excluding carboxylic acids is 1. The van der Waals surface area contributed by atoms with Crippen LogP contribution in [-0.4, -0.2) is 124 Å². The fourth-order valence-corrected chi connectivity index (χ4v) is 6.90. The monoisotopic (exact) mass is 655 g/mol. The fourth-order valence-electron chi connectivity index (χ4n) is 3.54. The molecule has 0 aliphatic rings. The van der Waals surface area contributed by atoms with Gasteiger partial charge in [-0.3, -0.25) is 37.8 Å². The molecule has 232 valence electrons. The molecule has 0 aliphatic carbocycles. The summed E-state index contributed by atoms with van der Waals surface area (Å²) >= 11 is 0. The number of nitrogens with zero attached hydrogens (tertiary/aromatic N) is 3. The van der Waals surface area contributed by atoms with Gasteiger partial charge in [-0.1, -0.05) is 12.1 Å². The molecule has 0 heterocycles. The van der Waals surface area contributed by atoms with Gasteiger partial charge in [0.25, 0.3) is 5.91 Å². The fraction of sp³-hybridized carbons (Fsp3) is 0.611. The van der Waals surface area contributed by atoms with Gasteiger partial charge >= 0.3 is 30.4 Å². The van der Waals surface area contributed by atoms with Crippen molar-refractivity contribution in [3.63, 3.8) is 0 Å². The highest BCUT2D eigenvalue weighted by atomic mass is 31.2. The molecular weight excluding hydrogens is 618 g/mol. The molecule has 0 spiro atoms. The first-order valence-electron chi connectivity index (χ1n) is 11.6. The Morgan fingerprint density at radius 1 is 0.625 bits per heavy atom. The molecular formula is C18H37N5O13P4. The van der Waals surface area contributed by atoms with Gasteiger partial charge in [-0.05, 0) is 17.7 Å². The average Bonchev–Trinajstić information content (AvgIpc) is 2.76. The van der Waals surface area contributed by atoms with Crippen molar-refractivity contribution in [3.05, 3.63) is 35.4 Å². The van der Waals surface area contributed by atoms with Crippen molar-refractivity contribution in [3.8, 4) is 0 Å². The second kappa shape index (κ2) is 16.1. The lowest BCUT2D eigenvalue weighted by atomic mass is 10.1. The van der Waals surface area contributed by atoms with E-state index < -0.39 is 61.4 Å². The summed E-state index contributed by atoms with van der Waals surface area (Å²) in [7, 11) is -18.8. The SMILES string of the molecule is NCc1ccc(C(=O)NCCN(CCN(CP(=O)(O)O)CP(=O)(O)O)CCN(CP(=O)(O)O)CP(=O)(O)O)cc1. The van der Waals surface area contributed by atoms with E-state index in [0.717, 1.165) is 15.4 Å². The van der Waals surface area contributed by atoms with E-state index in [1.165, 1.54) is 4.90 Å². The van der Waals surface area contributed by atoms with Crippen molar-refractivity contribution in [2.75, 3.05) is 64.4 Å². The Morgan fingerprint density at radius 3 is 1.30 bits per heavy atom. The van der Waals surface area contributed by atoms with E-state index in [9.17, 15) is 62.2 Å². The zero-order chi connectivity index (χ0) is 30.8. The van der Waals surface area contributed by atoms with Gasteiger partial charge in [0, 0.05) is 51.4 Å². The summed E-state index contributed by atoms with van der Waals surface area (Å²) in [5.74, 6) is -0.433. The number of amides is 1. The largest absolute Gasteiger partial charge is 0.351 e. The maximum atomic E-state index is 12.5. The predicted octanol–water partition coefficient (Wildman–Crippen LogP) is -1.68. The van der Waals surface area contributed by atoms with Gasteiger partial charge in [0.1, 0.15) is 25.1 Å². The van der Waals surface area contributed by atoms with Gasteiger partial charge in [0.2, 0.25) is 0 Å². The first-order chi connectivity index (χ1) is 18.2. The molecule has 11 N–H and O–H groups in total. The molecule has 0 radical (unpaired) electrons. The van der Waals surface area contributed by atoms with Crippen molar-refractivity contribution in [1.82, 2.24) is 20.0 Å². The molecule has 0 saturated carbocycles. The van der Waals surface area contributed by atoms with E-state index >= 15 is 0 Å². The molecule has 40 heavy (non-hydrogen) atoms. The van der Waals surface area contributed by atoms with Gasteiger partial charge in [-0.15, -0.1) is 0 Å². The maximum Gasteiger partial charge on any atom is 0.339 e. The third kappa shape index (κ3) is 18.5. The molecule has 18 nitrogen and oxygen atoms in total. The number of carbonyl (C=O) groups is 1. The minimum absolute atomic E-state index is 0.0193. The highest BCUT2D eigenvalue weighted by Gasteiger charge is 2.28. The third-order valence-corrected chi connectivity index (χ3v) is 8.24. The van der Waals surface area contributed by atoms with Crippen LogP contribution in [0.3, 0.4) is 0 Å². The number of hydrogen-bond acceptors (Lipinski definition) is 9. The van der Waals surface area contributed by atoms with Crippen molar-refractivity contribution < 1.29 is 62.2 Å². The Hall–Kier alpha value is -0.870. The minimum atomic E-state index is -4.70. The second-order valence-corrected chi connectivity index (χ2v) is 15.5. The van der Waals surface area contributed by atoms with Crippen LogP contribution in [0.2, 0.25) is 0 Å². The van der Waals surface area contributed by atoms with E-state index in [-0.39, 0.29) is 39.3 Å². The normalized spacial score (nSPS) is 13.4. The van der Waals surface area contributed by atoms with Crippen LogP contribution in [0.4, 0.5) is 0 Å². The molecule has 1 aromatic carbocycles. The lowest BCUT2D eigenvalue weighted by molar-refractivity contribution is 0.0945. The zero-order valence-corrected chi connectivity index (χ0v) is 25.0. The summed E-state index contributed by atoms with van der Waals surface area (Å²) in [4.78, 5) is 90.0. The molecule has 0 unspecified atom stereocenters. The topological polar surface area (TPSA) is 295 Å². The van der Waals surface area contributed by atoms with Gasteiger partial charge < -0.3 is 50.2 Å². The first-order valence-corrected chi connectivity index (χ1v) is 18.8. The van der Waals surface area contributed by atoms with Crippen LogP contribution >= 0.6 is 30.4 Å². The number of hydrogen-bond donors (Lipinski definition) is 10. The van der Waals surface area contributed by atoms with Crippen LogP contribution in [0.25, 0.3) is 0 Å². The standard InChI is InChI=1S/C18H37N5O13P4/c19-11-16-1-3-17(4-2-16)18(24)20-5-6-21(7-9-22(12-37(25,26)27)13-38(28,29)30)8-10-23(14-39(31,32)33)15-40(34,35)36/h1-4H,5-15,19H2,(H,20,24)(H2,25,26,27)(H2,28,29,30)(H2,31,32,33)(H2,34,35,36). The summed E-state index contributed by atoms with van der Waals surface area (Å²) in [5.41, 5.74) is 6.69. The van der Waals surface area contributed by atoms with Crippen molar-refractivity contribution in [2.24, 2.45) is 5.73 Å². The molecule has 1 aromatic rings. The van der Waals surface area contributed by atoms with Gasteiger partial charge in [-0.25, -0.2) is 0 Å². The summed E-state index contributed by atoms with van der Waals surface area (Å²) < 4.78 is 45.8. The van der Waals surface area contributed by atoms with Crippen LogP contribution in [0.1, 0.15) is 15.9 Å². The van der Waals surface area contributed by atoms with Crippen molar-refractivity contribution >= 4 is 36.3 Å². The second-order valence-electron chi connectivity index (χ2n) is 9.01. The average molecular weight is 655 g/mol. The molecule has 0 saturated heterocycles. The molecule has 0 atom stereocenters. The quantitative estimate of drug-likeness (QED) is 0.0745. The Morgan fingerprint density at radius 2 is 0.975 bits per heavy atom. The lowest BCUT2D eigenvalue weighted by Crippen LogP contribution is -2.43. The smallest absolute Gasteiger partial charge is 0.339 e. The maximum absolute atomic E-state index is 12.5. The molecule has 1 amide bonds. The van der Waals surface area contributed by atoms with Crippen LogP contribution in [0.15, 0.2) is 24.3 Å². The van der Waals surface area contributed by atoms with E-state index in [1.807, 2.05) is 0 Å². The molecule has 22 heteroatoms. The number of nitrogens with one attached hydrogen (secondary N) is 1. The Labute approximate surface area is 230 Å².